The molecule has 0 unspecified atom stereocenters. The molecule has 142 valence electrons. The summed E-state index contributed by atoms with van der Waals surface area (Å²) in [5.41, 5.74) is 4.09. The van der Waals surface area contributed by atoms with Crippen LogP contribution in [-0.4, -0.2) is 20.7 Å². The summed E-state index contributed by atoms with van der Waals surface area (Å²) in [5, 5.41) is 15.7. The van der Waals surface area contributed by atoms with Crippen LogP contribution in [0.15, 0.2) is 88.8 Å². The van der Waals surface area contributed by atoms with Crippen LogP contribution >= 0.6 is 0 Å². The first-order valence-corrected chi connectivity index (χ1v) is 8.75. The van der Waals surface area contributed by atoms with Gasteiger partial charge in [0.15, 0.2) is 0 Å². The van der Waals surface area contributed by atoms with Gasteiger partial charge in [0.1, 0.15) is 0 Å². The van der Waals surface area contributed by atoms with E-state index < -0.39 is 10.5 Å². The number of nitrogens with zero attached hydrogens (tertiary/aromatic N) is 4. The van der Waals surface area contributed by atoms with Crippen LogP contribution in [0.2, 0.25) is 0 Å². The van der Waals surface area contributed by atoms with E-state index in [0.29, 0.717) is 16.5 Å². The summed E-state index contributed by atoms with van der Waals surface area (Å²) in [6.45, 7) is 0. The van der Waals surface area contributed by atoms with Crippen molar-refractivity contribution in [3.8, 4) is 5.69 Å². The minimum absolute atomic E-state index is 0.0648. The van der Waals surface area contributed by atoms with E-state index in [1.165, 1.54) is 12.3 Å². The highest BCUT2D eigenvalue weighted by molar-refractivity contribution is 5.86. The molecule has 0 aliphatic rings. The number of nitro groups is 1. The van der Waals surface area contributed by atoms with Gasteiger partial charge in [0.2, 0.25) is 5.95 Å². The normalized spacial score (nSPS) is 11.0. The van der Waals surface area contributed by atoms with Gasteiger partial charge in [-0.25, -0.2) is 5.43 Å². The van der Waals surface area contributed by atoms with Gasteiger partial charge in [0.25, 0.3) is 11.2 Å². The van der Waals surface area contributed by atoms with Crippen LogP contribution in [0.4, 0.5) is 11.6 Å². The highest BCUT2D eigenvalue weighted by Gasteiger charge is 2.13. The van der Waals surface area contributed by atoms with Crippen LogP contribution in [0.3, 0.4) is 0 Å². The van der Waals surface area contributed by atoms with Gasteiger partial charge in [0.05, 0.1) is 27.6 Å². The standard InChI is InChI=1S/C21H15N5O3/c27-20-17-11-5-7-13-19(17)25(16-9-2-1-3-10-16)21(23-20)24-22-14-15-8-4-6-12-18(15)26(28)29/h1-14H,(H,23,24,27). The summed E-state index contributed by atoms with van der Waals surface area (Å²) in [4.78, 5) is 27.2. The molecule has 0 radical (unpaired) electrons. The van der Waals surface area contributed by atoms with Gasteiger partial charge in [-0.05, 0) is 30.3 Å². The van der Waals surface area contributed by atoms with Crippen molar-refractivity contribution in [1.82, 2.24) is 9.55 Å². The van der Waals surface area contributed by atoms with E-state index in [1.807, 2.05) is 42.5 Å². The van der Waals surface area contributed by atoms with Crippen molar-refractivity contribution in [2.45, 2.75) is 0 Å². The molecule has 1 heterocycles. The lowest BCUT2D eigenvalue weighted by atomic mass is 10.2. The van der Waals surface area contributed by atoms with Crippen LogP contribution < -0.4 is 11.0 Å². The fourth-order valence-electron chi connectivity index (χ4n) is 3.01. The second-order valence-electron chi connectivity index (χ2n) is 6.11. The molecule has 0 fully saturated rings. The van der Waals surface area contributed by atoms with Crippen LogP contribution in [0.25, 0.3) is 16.6 Å². The number of para-hydroxylation sites is 3. The molecule has 29 heavy (non-hydrogen) atoms. The van der Waals surface area contributed by atoms with Crippen LogP contribution in [0.1, 0.15) is 5.56 Å². The molecule has 0 spiro atoms. The van der Waals surface area contributed by atoms with Gasteiger partial charge < -0.3 is 0 Å². The van der Waals surface area contributed by atoms with Gasteiger partial charge in [-0.2, -0.15) is 10.1 Å². The first-order valence-electron chi connectivity index (χ1n) is 8.75. The maximum absolute atomic E-state index is 12.5. The molecule has 1 aromatic heterocycles. The number of benzene rings is 3. The minimum Gasteiger partial charge on any atom is -0.279 e. The summed E-state index contributed by atoms with van der Waals surface area (Å²) in [6, 6.07) is 22.8. The number of anilines is 1. The topological polar surface area (TPSA) is 102 Å². The Balaban J connectivity index is 1.80. The molecule has 8 heteroatoms. The summed E-state index contributed by atoms with van der Waals surface area (Å²) in [6.07, 6.45) is 1.33. The van der Waals surface area contributed by atoms with Crippen molar-refractivity contribution >= 4 is 28.8 Å². The Hall–Kier alpha value is -4.33. The van der Waals surface area contributed by atoms with Gasteiger partial charge in [-0.15, -0.1) is 0 Å². The maximum Gasteiger partial charge on any atom is 0.282 e. The second kappa shape index (κ2) is 7.73. The zero-order valence-electron chi connectivity index (χ0n) is 15.1. The number of nitrogens with one attached hydrogen (secondary N) is 1. The molecule has 3 aromatic carbocycles. The zero-order chi connectivity index (χ0) is 20.2. The third-order valence-electron chi connectivity index (χ3n) is 4.31. The Bertz CT molecular complexity index is 1280. The van der Waals surface area contributed by atoms with E-state index in [4.69, 9.17) is 0 Å². The SMILES string of the molecule is O=c1nc(NN=Cc2ccccc2[N+](=O)[O-])n(-c2ccccc2)c2ccccc12. The average Bonchev–Trinajstić information content (AvgIpc) is 2.75. The van der Waals surface area contributed by atoms with Crippen molar-refractivity contribution in [2.75, 3.05) is 5.43 Å². The number of aromatic nitrogens is 2. The van der Waals surface area contributed by atoms with Gasteiger partial charge >= 0.3 is 0 Å². The molecule has 0 bridgehead atoms. The summed E-state index contributed by atoms with van der Waals surface area (Å²) < 4.78 is 1.77. The van der Waals surface area contributed by atoms with E-state index >= 15 is 0 Å². The Morgan fingerprint density at radius 2 is 1.66 bits per heavy atom. The number of hydrazone groups is 1. The fourth-order valence-corrected chi connectivity index (χ4v) is 3.01. The first kappa shape index (κ1) is 18.1. The van der Waals surface area contributed by atoms with Gasteiger partial charge in [0, 0.05) is 11.8 Å². The molecule has 0 amide bonds. The van der Waals surface area contributed by atoms with Gasteiger partial charge in [-0.3, -0.25) is 19.5 Å². The summed E-state index contributed by atoms with van der Waals surface area (Å²) in [7, 11) is 0. The lowest BCUT2D eigenvalue weighted by molar-refractivity contribution is -0.385. The van der Waals surface area contributed by atoms with Crippen molar-refractivity contribution < 1.29 is 4.92 Å². The lowest BCUT2D eigenvalue weighted by Gasteiger charge is -2.15. The molecule has 0 atom stereocenters. The smallest absolute Gasteiger partial charge is 0.279 e. The highest BCUT2D eigenvalue weighted by atomic mass is 16.6. The predicted molar refractivity (Wildman–Crippen MR) is 112 cm³/mol. The van der Waals surface area contributed by atoms with Crippen molar-refractivity contribution in [1.29, 1.82) is 0 Å². The molecule has 8 nitrogen and oxygen atoms in total. The van der Waals surface area contributed by atoms with E-state index in [1.54, 1.807) is 34.9 Å². The molecule has 4 rings (SSSR count). The van der Waals surface area contributed by atoms with Crippen LogP contribution in [0.5, 0.6) is 0 Å². The third kappa shape index (κ3) is 3.59. The Kier molecular flexibility index (Phi) is 4.81. The van der Waals surface area contributed by atoms with E-state index in [9.17, 15) is 14.9 Å². The highest BCUT2D eigenvalue weighted by Crippen LogP contribution is 2.21. The van der Waals surface area contributed by atoms with Crippen LogP contribution in [-0.2, 0) is 0 Å². The number of rotatable bonds is 5. The minimum atomic E-state index is -0.477. The van der Waals surface area contributed by atoms with E-state index in [0.717, 1.165) is 5.69 Å². The quantitative estimate of drug-likeness (QED) is 0.320. The van der Waals surface area contributed by atoms with Crippen molar-refractivity contribution in [3.63, 3.8) is 0 Å². The number of hydrogen-bond acceptors (Lipinski definition) is 6. The largest absolute Gasteiger partial charge is 0.282 e. The van der Waals surface area contributed by atoms with Crippen molar-refractivity contribution in [3.05, 3.63) is 105 Å². The second-order valence-corrected chi connectivity index (χ2v) is 6.11. The Morgan fingerprint density at radius 1 is 0.966 bits per heavy atom. The number of fused-ring (bicyclic) bond motifs is 1. The monoisotopic (exact) mass is 385 g/mol. The van der Waals surface area contributed by atoms with Crippen molar-refractivity contribution in [2.24, 2.45) is 5.10 Å². The molecular weight excluding hydrogens is 370 g/mol. The van der Waals surface area contributed by atoms with E-state index in [-0.39, 0.29) is 11.6 Å². The molecule has 0 aliphatic heterocycles. The Morgan fingerprint density at radius 3 is 2.45 bits per heavy atom. The lowest BCUT2D eigenvalue weighted by Crippen LogP contribution is -2.17. The summed E-state index contributed by atoms with van der Waals surface area (Å²) >= 11 is 0. The molecule has 4 aromatic rings. The van der Waals surface area contributed by atoms with Crippen LogP contribution in [0, 0.1) is 10.1 Å². The molecule has 1 N–H and O–H groups in total. The number of nitro benzene ring substituents is 1. The predicted octanol–water partition coefficient (Wildman–Crippen LogP) is 3.74. The molecule has 0 saturated carbocycles. The van der Waals surface area contributed by atoms with Gasteiger partial charge in [-0.1, -0.05) is 42.5 Å². The van der Waals surface area contributed by atoms with E-state index in [2.05, 4.69) is 15.5 Å². The maximum atomic E-state index is 12.5. The zero-order valence-corrected chi connectivity index (χ0v) is 15.1. The molecule has 0 aliphatic carbocycles. The Labute approximate surface area is 164 Å². The molecular formula is C21H15N5O3. The average molecular weight is 385 g/mol. The fraction of sp³-hybridized carbons (Fsp3) is 0. The summed E-state index contributed by atoms with van der Waals surface area (Å²) in [5.74, 6) is 0.203. The third-order valence-corrected chi connectivity index (χ3v) is 4.31. The number of hydrogen-bond donors (Lipinski definition) is 1. The molecule has 0 saturated heterocycles. The first-order chi connectivity index (χ1) is 14.1.